The van der Waals surface area contributed by atoms with Crippen LogP contribution in [0.3, 0.4) is 0 Å². The molecule has 1 aromatic carbocycles. The number of nitrogens with one attached hydrogen (secondary N) is 1. The first-order valence-corrected chi connectivity index (χ1v) is 8.62. The minimum absolute atomic E-state index is 0.0585. The van der Waals surface area contributed by atoms with Crippen molar-refractivity contribution in [1.29, 1.82) is 0 Å². The zero-order valence-electron chi connectivity index (χ0n) is 14.2. The van der Waals surface area contributed by atoms with Crippen molar-refractivity contribution in [3.05, 3.63) is 78.5 Å². The molecule has 0 saturated heterocycles. The van der Waals surface area contributed by atoms with E-state index >= 15 is 0 Å². The van der Waals surface area contributed by atoms with Crippen LogP contribution in [-0.4, -0.2) is 38.2 Å². The van der Waals surface area contributed by atoms with Gasteiger partial charge in [-0.2, -0.15) is 0 Å². The number of carbonyl (C=O) groups excluding carboxylic acids is 1. The van der Waals surface area contributed by atoms with Crippen molar-refractivity contribution in [3.8, 4) is 5.82 Å². The van der Waals surface area contributed by atoms with E-state index in [4.69, 9.17) is 0 Å². The van der Waals surface area contributed by atoms with E-state index in [-0.39, 0.29) is 24.0 Å². The van der Waals surface area contributed by atoms with E-state index in [0.29, 0.717) is 11.4 Å². The highest BCUT2D eigenvalue weighted by Crippen LogP contribution is 2.43. The summed E-state index contributed by atoms with van der Waals surface area (Å²) >= 11 is 0. The quantitative estimate of drug-likeness (QED) is 0.740. The van der Waals surface area contributed by atoms with Crippen molar-refractivity contribution >= 4 is 5.91 Å². The van der Waals surface area contributed by atoms with Crippen molar-refractivity contribution in [2.24, 2.45) is 0 Å². The summed E-state index contributed by atoms with van der Waals surface area (Å²) in [5.74, 6) is 0.574. The second kappa shape index (κ2) is 6.72. The molecule has 1 aliphatic rings. The highest BCUT2D eigenvalue weighted by atomic mass is 16.3. The summed E-state index contributed by atoms with van der Waals surface area (Å²) in [5.41, 5.74) is 1.40. The molecule has 6 nitrogen and oxygen atoms in total. The standard InChI is InChI=1S/C20H20N4O2/c25-13-20(16-4-2-1-3-5-16)10-17(11-20)23-19(26)15-6-7-18(22-12-15)24-9-8-21-14-24/h1-9,12,14,17,25H,10-11,13H2,(H,23,26). The van der Waals surface area contributed by atoms with E-state index in [2.05, 4.69) is 15.3 Å². The van der Waals surface area contributed by atoms with Crippen LogP contribution in [0, 0.1) is 0 Å². The Morgan fingerprint density at radius 2 is 2.04 bits per heavy atom. The number of aromatic nitrogens is 3. The van der Waals surface area contributed by atoms with E-state index in [9.17, 15) is 9.90 Å². The molecule has 2 heterocycles. The van der Waals surface area contributed by atoms with Crippen molar-refractivity contribution < 1.29 is 9.90 Å². The molecular weight excluding hydrogens is 328 g/mol. The fourth-order valence-electron chi connectivity index (χ4n) is 3.57. The molecule has 0 unspecified atom stereocenters. The Labute approximate surface area is 151 Å². The second-order valence-electron chi connectivity index (χ2n) is 6.76. The molecule has 1 amide bonds. The van der Waals surface area contributed by atoms with Crippen LogP contribution in [0.15, 0.2) is 67.4 Å². The number of hydrogen-bond acceptors (Lipinski definition) is 4. The Bertz CT molecular complexity index is 870. The third kappa shape index (κ3) is 2.99. The topological polar surface area (TPSA) is 80.0 Å². The van der Waals surface area contributed by atoms with Crippen LogP contribution < -0.4 is 5.32 Å². The summed E-state index contributed by atoms with van der Waals surface area (Å²) in [4.78, 5) is 20.7. The molecule has 4 rings (SSSR count). The van der Waals surface area contributed by atoms with Crippen molar-refractivity contribution in [3.63, 3.8) is 0 Å². The van der Waals surface area contributed by atoms with Crippen LogP contribution in [0.4, 0.5) is 0 Å². The average Bonchev–Trinajstić information content (AvgIpc) is 3.20. The summed E-state index contributed by atoms with van der Waals surface area (Å²) in [6.45, 7) is 0.0878. The lowest BCUT2D eigenvalue weighted by molar-refractivity contribution is 0.0700. The van der Waals surface area contributed by atoms with Gasteiger partial charge >= 0.3 is 0 Å². The van der Waals surface area contributed by atoms with Gasteiger partial charge in [-0.05, 0) is 30.5 Å². The van der Waals surface area contributed by atoms with Gasteiger partial charge in [-0.3, -0.25) is 9.36 Å². The van der Waals surface area contributed by atoms with Gasteiger partial charge in [0.05, 0.1) is 12.2 Å². The van der Waals surface area contributed by atoms with E-state index in [0.717, 1.165) is 18.4 Å². The first kappa shape index (κ1) is 16.5. The van der Waals surface area contributed by atoms with Crippen LogP contribution in [-0.2, 0) is 5.41 Å². The van der Waals surface area contributed by atoms with Crippen molar-refractivity contribution in [1.82, 2.24) is 19.9 Å². The molecule has 1 fully saturated rings. The number of pyridine rings is 1. The Kier molecular flexibility index (Phi) is 4.26. The molecule has 1 aliphatic carbocycles. The predicted octanol–water partition coefficient (Wildman–Crippen LogP) is 2.09. The summed E-state index contributed by atoms with van der Waals surface area (Å²) in [6, 6.07) is 13.6. The molecule has 0 radical (unpaired) electrons. The maximum Gasteiger partial charge on any atom is 0.253 e. The second-order valence-corrected chi connectivity index (χ2v) is 6.76. The van der Waals surface area contributed by atoms with Gasteiger partial charge in [-0.15, -0.1) is 0 Å². The first-order chi connectivity index (χ1) is 12.7. The third-order valence-electron chi connectivity index (χ3n) is 5.08. The van der Waals surface area contributed by atoms with Gasteiger partial charge in [0.15, 0.2) is 0 Å². The largest absolute Gasteiger partial charge is 0.395 e. The molecule has 26 heavy (non-hydrogen) atoms. The number of imidazole rings is 1. The van der Waals surface area contributed by atoms with Gasteiger partial charge in [0.25, 0.3) is 5.91 Å². The number of benzene rings is 1. The SMILES string of the molecule is O=C(NC1CC(CO)(c2ccccc2)C1)c1ccc(-n2ccnc2)nc1. The van der Waals surface area contributed by atoms with Crippen LogP contribution in [0.2, 0.25) is 0 Å². The zero-order chi connectivity index (χ0) is 18.0. The molecule has 0 atom stereocenters. The lowest BCUT2D eigenvalue weighted by Gasteiger charge is -2.47. The average molecular weight is 348 g/mol. The third-order valence-corrected chi connectivity index (χ3v) is 5.08. The van der Waals surface area contributed by atoms with Gasteiger partial charge in [0.1, 0.15) is 12.1 Å². The van der Waals surface area contributed by atoms with Gasteiger partial charge in [-0.25, -0.2) is 9.97 Å². The molecule has 6 heteroatoms. The molecule has 0 spiro atoms. The fraction of sp³-hybridized carbons (Fsp3) is 0.250. The summed E-state index contributed by atoms with van der Waals surface area (Å²) < 4.78 is 1.78. The fourth-order valence-corrected chi connectivity index (χ4v) is 3.57. The van der Waals surface area contributed by atoms with Gasteiger partial charge in [-0.1, -0.05) is 30.3 Å². The summed E-state index contributed by atoms with van der Waals surface area (Å²) in [6.07, 6.45) is 8.18. The molecule has 2 aromatic heterocycles. The Hall–Kier alpha value is -2.99. The molecular formula is C20H20N4O2. The maximum atomic E-state index is 12.4. The number of nitrogens with zero attached hydrogens (tertiary/aromatic N) is 3. The normalized spacial score (nSPS) is 21.8. The number of aliphatic hydroxyl groups excluding tert-OH is 1. The Morgan fingerprint density at radius 3 is 2.65 bits per heavy atom. The Morgan fingerprint density at radius 1 is 1.23 bits per heavy atom. The summed E-state index contributed by atoms with van der Waals surface area (Å²) in [7, 11) is 0. The molecule has 2 N–H and O–H groups in total. The smallest absolute Gasteiger partial charge is 0.253 e. The zero-order valence-corrected chi connectivity index (χ0v) is 14.2. The van der Waals surface area contributed by atoms with Gasteiger partial charge in [0.2, 0.25) is 0 Å². The first-order valence-electron chi connectivity index (χ1n) is 8.62. The molecule has 1 saturated carbocycles. The highest BCUT2D eigenvalue weighted by Gasteiger charge is 2.45. The number of hydrogen-bond donors (Lipinski definition) is 2. The molecule has 0 aliphatic heterocycles. The van der Waals surface area contributed by atoms with Gasteiger partial charge in [0, 0.05) is 30.0 Å². The maximum absolute atomic E-state index is 12.4. The minimum atomic E-state index is -0.247. The lowest BCUT2D eigenvalue weighted by atomic mass is 9.62. The van der Waals surface area contributed by atoms with E-state index in [1.807, 2.05) is 30.3 Å². The number of carbonyl (C=O) groups is 1. The monoisotopic (exact) mass is 348 g/mol. The van der Waals surface area contributed by atoms with E-state index in [1.165, 1.54) is 0 Å². The molecule has 132 valence electrons. The van der Waals surface area contributed by atoms with E-state index < -0.39 is 0 Å². The van der Waals surface area contributed by atoms with Crippen LogP contribution in [0.1, 0.15) is 28.8 Å². The summed E-state index contributed by atoms with van der Waals surface area (Å²) in [5, 5.41) is 12.9. The van der Waals surface area contributed by atoms with Crippen LogP contribution in [0.5, 0.6) is 0 Å². The lowest BCUT2D eigenvalue weighted by Crippen LogP contribution is -2.55. The van der Waals surface area contributed by atoms with Crippen molar-refractivity contribution in [2.45, 2.75) is 24.3 Å². The highest BCUT2D eigenvalue weighted by molar-refractivity contribution is 5.94. The van der Waals surface area contributed by atoms with Crippen LogP contribution >= 0.6 is 0 Å². The number of rotatable bonds is 5. The molecule has 0 bridgehead atoms. The van der Waals surface area contributed by atoms with Crippen LogP contribution in [0.25, 0.3) is 5.82 Å². The minimum Gasteiger partial charge on any atom is -0.395 e. The number of aliphatic hydroxyl groups is 1. The Balaban J connectivity index is 1.39. The van der Waals surface area contributed by atoms with E-state index in [1.54, 1.807) is 41.6 Å². The van der Waals surface area contributed by atoms with Crippen molar-refractivity contribution in [2.75, 3.05) is 6.61 Å². The molecule has 3 aromatic rings. The predicted molar refractivity (Wildman–Crippen MR) is 97.1 cm³/mol. The number of amides is 1. The van der Waals surface area contributed by atoms with Gasteiger partial charge < -0.3 is 10.4 Å².